The molecule has 0 spiro atoms. The van der Waals surface area contributed by atoms with Gasteiger partial charge >= 0.3 is 5.97 Å². The van der Waals surface area contributed by atoms with E-state index in [0.717, 1.165) is 12.6 Å². The molecule has 0 saturated heterocycles. The Bertz CT molecular complexity index is 324. The van der Waals surface area contributed by atoms with Gasteiger partial charge < -0.3 is 9.64 Å². The third-order valence-corrected chi connectivity index (χ3v) is 2.13. The maximum Gasteiger partial charge on any atom is 0.330 e. The number of thiol groups is 1. The minimum absolute atomic E-state index is 0.300. The van der Waals surface area contributed by atoms with Crippen molar-refractivity contribution in [3.05, 3.63) is 35.9 Å². The van der Waals surface area contributed by atoms with Gasteiger partial charge in [-0.1, -0.05) is 6.58 Å². The van der Waals surface area contributed by atoms with E-state index in [1.54, 1.807) is 12.2 Å². The zero-order valence-electron chi connectivity index (χ0n) is 9.83. The lowest BCUT2D eigenvalue weighted by Gasteiger charge is -2.17. The number of nitrogens with zero attached hydrogens (tertiary/aromatic N) is 1. The van der Waals surface area contributed by atoms with E-state index in [0.29, 0.717) is 24.3 Å². The van der Waals surface area contributed by atoms with Gasteiger partial charge in [-0.2, -0.15) is 0 Å². The lowest BCUT2D eigenvalue weighted by atomic mass is 10.4. The highest BCUT2D eigenvalue weighted by molar-refractivity contribution is 7.85. The maximum absolute atomic E-state index is 10.8. The largest absolute Gasteiger partial charge is 0.461 e. The Morgan fingerprint density at radius 3 is 2.76 bits per heavy atom. The number of esters is 1. The molecule has 0 heterocycles. The van der Waals surface area contributed by atoms with Crippen LogP contribution in [-0.2, 0) is 14.3 Å². The summed E-state index contributed by atoms with van der Waals surface area (Å²) in [5.74, 6) is -0.427. The molecule has 0 aliphatic rings. The standard InChI is InChI=1S/C12H17NO3S/c1-3-12(15)16-9-8-13(4-2)7-5-6-11(17)10-14/h3,5-7,10,17H,1,4,8-9H2,2H3/b7-5+,11-6-. The summed E-state index contributed by atoms with van der Waals surface area (Å²) in [6.45, 7) is 6.95. The molecular formula is C12H17NO3S. The van der Waals surface area contributed by atoms with Crippen LogP contribution in [0.2, 0.25) is 0 Å². The van der Waals surface area contributed by atoms with E-state index in [9.17, 15) is 9.59 Å². The Morgan fingerprint density at radius 2 is 2.24 bits per heavy atom. The first-order chi connectivity index (χ1) is 8.13. The van der Waals surface area contributed by atoms with E-state index in [1.807, 2.05) is 18.0 Å². The summed E-state index contributed by atoms with van der Waals surface area (Å²) in [5.41, 5.74) is 0. The number of carbonyl (C=O) groups is 2. The highest BCUT2D eigenvalue weighted by Gasteiger charge is 1.98. The number of hydrogen-bond donors (Lipinski definition) is 1. The molecule has 0 atom stereocenters. The molecule has 0 aromatic rings. The molecule has 0 aromatic carbocycles. The zero-order chi connectivity index (χ0) is 13.1. The smallest absolute Gasteiger partial charge is 0.330 e. The Morgan fingerprint density at radius 1 is 1.53 bits per heavy atom. The van der Waals surface area contributed by atoms with Crippen LogP contribution < -0.4 is 0 Å². The summed E-state index contributed by atoms with van der Waals surface area (Å²) in [7, 11) is 0. The number of rotatable bonds is 8. The average molecular weight is 255 g/mol. The molecule has 0 aliphatic carbocycles. The maximum atomic E-state index is 10.8. The number of aldehydes is 1. The van der Waals surface area contributed by atoms with Crippen LogP contribution in [0, 0.1) is 0 Å². The van der Waals surface area contributed by atoms with Crippen molar-refractivity contribution in [2.45, 2.75) is 6.92 Å². The normalized spacial score (nSPS) is 11.3. The van der Waals surface area contributed by atoms with Gasteiger partial charge in [0.25, 0.3) is 0 Å². The van der Waals surface area contributed by atoms with Crippen molar-refractivity contribution in [3.8, 4) is 0 Å². The van der Waals surface area contributed by atoms with Crippen molar-refractivity contribution >= 4 is 24.9 Å². The van der Waals surface area contributed by atoms with Crippen molar-refractivity contribution < 1.29 is 14.3 Å². The van der Waals surface area contributed by atoms with Crippen LogP contribution in [0.1, 0.15) is 6.92 Å². The fourth-order valence-electron chi connectivity index (χ4n) is 0.963. The first kappa shape index (κ1) is 15.5. The van der Waals surface area contributed by atoms with E-state index in [2.05, 4.69) is 19.2 Å². The lowest BCUT2D eigenvalue weighted by molar-refractivity contribution is -0.138. The molecular weight excluding hydrogens is 238 g/mol. The SMILES string of the molecule is C=CC(=O)OCCN(/C=C/C=C(\S)C=O)CC. The number of carbonyl (C=O) groups excluding carboxylic acids is 2. The molecule has 0 bridgehead atoms. The lowest BCUT2D eigenvalue weighted by Crippen LogP contribution is -2.22. The molecule has 17 heavy (non-hydrogen) atoms. The molecule has 0 N–H and O–H groups in total. The van der Waals surface area contributed by atoms with Crippen LogP contribution in [0.3, 0.4) is 0 Å². The number of hydrogen-bond acceptors (Lipinski definition) is 5. The van der Waals surface area contributed by atoms with E-state index >= 15 is 0 Å². The van der Waals surface area contributed by atoms with Crippen molar-refractivity contribution in [2.75, 3.05) is 19.7 Å². The van der Waals surface area contributed by atoms with Gasteiger partial charge in [-0.05, 0) is 25.3 Å². The van der Waals surface area contributed by atoms with E-state index in [4.69, 9.17) is 4.74 Å². The molecule has 0 rings (SSSR count). The summed E-state index contributed by atoms with van der Waals surface area (Å²) < 4.78 is 4.85. The Kier molecular flexibility index (Phi) is 8.86. The second-order valence-electron chi connectivity index (χ2n) is 3.05. The van der Waals surface area contributed by atoms with Crippen molar-refractivity contribution in [1.29, 1.82) is 0 Å². The van der Waals surface area contributed by atoms with E-state index in [1.165, 1.54) is 0 Å². The summed E-state index contributed by atoms with van der Waals surface area (Å²) in [6.07, 6.45) is 6.91. The first-order valence-corrected chi connectivity index (χ1v) is 5.64. The van der Waals surface area contributed by atoms with Crippen LogP contribution in [-0.4, -0.2) is 36.9 Å². The predicted octanol–water partition coefficient (Wildman–Crippen LogP) is 1.56. The van der Waals surface area contributed by atoms with Gasteiger partial charge in [0.15, 0.2) is 6.29 Å². The molecule has 0 aliphatic heterocycles. The fraction of sp³-hybridized carbons (Fsp3) is 0.333. The van der Waals surface area contributed by atoms with E-state index in [-0.39, 0.29) is 0 Å². The van der Waals surface area contributed by atoms with Gasteiger partial charge in [0, 0.05) is 17.5 Å². The van der Waals surface area contributed by atoms with Crippen LogP contribution in [0.5, 0.6) is 0 Å². The Hall–Kier alpha value is -1.49. The molecule has 0 unspecified atom stereocenters. The van der Waals surface area contributed by atoms with Crippen LogP contribution in [0.4, 0.5) is 0 Å². The molecule has 94 valence electrons. The van der Waals surface area contributed by atoms with Gasteiger partial charge in [-0.15, -0.1) is 12.6 Å². The van der Waals surface area contributed by atoms with Gasteiger partial charge in [0.2, 0.25) is 0 Å². The van der Waals surface area contributed by atoms with Gasteiger partial charge in [0.1, 0.15) is 6.61 Å². The first-order valence-electron chi connectivity index (χ1n) is 5.19. The summed E-state index contributed by atoms with van der Waals surface area (Å²) in [4.78, 5) is 23.4. The van der Waals surface area contributed by atoms with E-state index < -0.39 is 5.97 Å². The topological polar surface area (TPSA) is 46.6 Å². The second-order valence-corrected chi connectivity index (χ2v) is 3.57. The summed E-state index contributed by atoms with van der Waals surface area (Å²) >= 11 is 3.91. The quantitative estimate of drug-likeness (QED) is 0.235. The van der Waals surface area contributed by atoms with Crippen molar-refractivity contribution in [3.63, 3.8) is 0 Å². The minimum Gasteiger partial charge on any atom is -0.461 e. The number of ether oxygens (including phenoxy) is 1. The Labute approximate surface area is 107 Å². The predicted molar refractivity (Wildman–Crippen MR) is 70.7 cm³/mol. The molecule has 0 radical (unpaired) electrons. The molecule has 0 fully saturated rings. The second kappa shape index (κ2) is 9.72. The molecule has 4 nitrogen and oxygen atoms in total. The van der Waals surface area contributed by atoms with Crippen LogP contribution >= 0.6 is 12.6 Å². The highest BCUT2D eigenvalue weighted by Crippen LogP contribution is 1.97. The highest BCUT2D eigenvalue weighted by atomic mass is 32.1. The van der Waals surface area contributed by atoms with Gasteiger partial charge in [-0.25, -0.2) is 4.79 Å². The third kappa shape index (κ3) is 8.33. The monoisotopic (exact) mass is 255 g/mol. The molecule has 0 saturated carbocycles. The average Bonchev–Trinajstić information content (AvgIpc) is 2.36. The molecule has 5 heteroatoms. The van der Waals surface area contributed by atoms with Crippen molar-refractivity contribution in [1.82, 2.24) is 4.90 Å². The minimum atomic E-state index is -0.427. The fourth-order valence-corrected chi connectivity index (χ4v) is 1.05. The van der Waals surface area contributed by atoms with Gasteiger partial charge in [-0.3, -0.25) is 4.79 Å². The summed E-state index contributed by atoms with van der Waals surface area (Å²) in [6, 6.07) is 0. The molecule has 0 amide bonds. The van der Waals surface area contributed by atoms with Crippen LogP contribution in [0.15, 0.2) is 35.9 Å². The third-order valence-electron chi connectivity index (χ3n) is 1.88. The summed E-state index contributed by atoms with van der Waals surface area (Å²) in [5, 5.41) is 0. The molecule has 0 aromatic heterocycles. The van der Waals surface area contributed by atoms with Crippen molar-refractivity contribution in [2.24, 2.45) is 0 Å². The number of allylic oxidation sites excluding steroid dienone is 3. The van der Waals surface area contributed by atoms with Gasteiger partial charge in [0.05, 0.1) is 6.54 Å². The zero-order valence-corrected chi connectivity index (χ0v) is 10.7. The van der Waals surface area contributed by atoms with Crippen LogP contribution in [0.25, 0.3) is 0 Å². The number of likely N-dealkylation sites (N-methyl/N-ethyl adjacent to an activating group) is 1. The Balaban J connectivity index is 4.03.